The third-order valence-corrected chi connectivity index (χ3v) is 4.74. The van der Waals surface area contributed by atoms with Gasteiger partial charge in [0.05, 0.1) is 13.5 Å². The molecule has 0 N–H and O–H groups in total. The number of rotatable bonds is 3. The molecular formula is C17H23NO3. The summed E-state index contributed by atoms with van der Waals surface area (Å²) in [7, 11) is 1.65. The van der Waals surface area contributed by atoms with E-state index in [0.29, 0.717) is 11.8 Å². The highest BCUT2D eigenvalue weighted by Gasteiger charge is 2.45. The fourth-order valence-electron chi connectivity index (χ4n) is 3.38. The maximum absolute atomic E-state index is 12.4. The lowest BCUT2D eigenvalue weighted by atomic mass is 9.73. The third kappa shape index (κ3) is 2.91. The second-order valence-corrected chi connectivity index (χ2v) is 6.35. The zero-order valence-corrected chi connectivity index (χ0v) is 12.9. The fraction of sp³-hybridized carbons (Fsp3) is 0.588. The molecule has 2 heterocycles. The summed E-state index contributed by atoms with van der Waals surface area (Å²) in [6, 6.07) is 5.99. The molecule has 0 aromatic heterocycles. The molecule has 0 saturated carbocycles. The Hall–Kier alpha value is -1.55. The number of aryl methyl sites for hydroxylation is 1. The minimum Gasteiger partial charge on any atom is -0.496 e. The average molecular weight is 289 g/mol. The molecule has 114 valence electrons. The van der Waals surface area contributed by atoms with Crippen LogP contribution in [0.4, 0.5) is 0 Å². The molecule has 2 aliphatic heterocycles. The van der Waals surface area contributed by atoms with Crippen molar-refractivity contribution in [2.75, 3.05) is 33.4 Å². The average Bonchev–Trinajstić information content (AvgIpc) is 2.45. The number of nitrogens with zero attached hydrogens (tertiary/aromatic N) is 1. The van der Waals surface area contributed by atoms with Crippen LogP contribution >= 0.6 is 0 Å². The lowest BCUT2D eigenvalue weighted by Gasteiger charge is -2.52. The van der Waals surface area contributed by atoms with Crippen molar-refractivity contribution in [1.29, 1.82) is 0 Å². The van der Waals surface area contributed by atoms with Gasteiger partial charge in [0.15, 0.2) is 0 Å². The Kier molecular flexibility index (Phi) is 3.89. The van der Waals surface area contributed by atoms with Crippen molar-refractivity contribution >= 4 is 5.91 Å². The topological polar surface area (TPSA) is 38.8 Å². The van der Waals surface area contributed by atoms with Gasteiger partial charge in [0.2, 0.25) is 5.91 Å². The Bertz CT molecular complexity index is 527. The Morgan fingerprint density at radius 3 is 2.71 bits per heavy atom. The van der Waals surface area contributed by atoms with Crippen molar-refractivity contribution in [1.82, 2.24) is 4.90 Å². The van der Waals surface area contributed by atoms with Crippen LogP contribution in [0.1, 0.15) is 24.0 Å². The van der Waals surface area contributed by atoms with E-state index in [2.05, 4.69) is 0 Å². The van der Waals surface area contributed by atoms with Crippen LogP contribution in [0.15, 0.2) is 18.2 Å². The minimum absolute atomic E-state index is 0.205. The number of amides is 1. The largest absolute Gasteiger partial charge is 0.496 e. The predicted octanol–water partition coefficient (Wildman–Crippen LogP) is 2.19. The van der Waals surface area contributed by atoms with Crippen LogP contribution in [0.3, 0.4) is 0 Å². The molecule has 0 aliphatic carbocycles. The molecule has 1 aromatic carbocycles. The number of hydrogen-bond acceptors (Lipinski definition) is 3. The second-order valence-electron chi connectivity index (χ2n) is 6.35. The van der Waals surface area contributed by atoms with Gasteiger partial charge in [-0.1, -0.05) is 17.7 Å². The van der Waals surface area contributed by atoms with Gasteiger partial charge in [-0.05, 0) is 25.8 Å². The maximum atomic E-state index is 12.4. The van der Waals surface area contributed by atoms with Crippen LogP contribution in [-0.2, 0) is 16.0 Å². The van der Waals surface area contributed by atoms with Crippen LogP contribution in [0.2, 0.25) is 0 Å². The first-order valence-corrected chi connectivity index (χ1v) is 7.61. The fourth-order valence-corrected chi connectivity index (χ4v) is 3.38. The van der Waals surface area contributed by atoms with Crippen molar-refractivity contribution < 1.29 is 14.3 Å². The SMILES string of the molecule is COc1ccc(C)cc1CC(=O)N1CC2(CCOCC2)C1. The first-order chi connectivity index (χ1) is 10.1. The first-order valence-electron chi connectivity index (χ1n) is 7.61. The molecule has 4 nitrogen and oxygen atoms in total. The van der Waals surface area contributed by atoms with Crippen molar-refractivity contribution in [2.45, 2.75) is 26.2 Å². The predicted molar refractivity (Wildman–Crippen MR) is 80.5 cm³/mol. The number of carbonyl (C=O) groups is 1. The van der Waals surface area contributed by atoms with E-state index in [4.69, 9.17) is 9.47 Å². The molecule has 1 amide bonds. The standard InChI is InChI=1S/C17H23NO3/c1-13-3-4-15(20-2)14(9-13)10-16(19)18-11-17(12-18)5-7-21-8-6-17/h3-4,9H,5-8,10-12H2,1-2H3. The van der Waals surface area contributed by atoms with Crippen molar-refractivity contribution in [3.8, 4) is 5.75 Å². The van der Waals surface area contributed by atoms with Gasteiger partial charge in [0, 0.05) is 37.3 Å². The van der Waals surface area contributed by atoms with Gasteiger partial charge in [0.1, 0.15) is 5.75 Å². The number of carbonyl (C=O) groups excluding carboxylic acids is 1. The van der Waals surface area contributed by atoms with E-state index in [9.17, 15) is 4.79 Å². The molecule has 2 fully saturated rings. The van der Waals surface area contributed by atoms with Crippen LogP contribution in [0.25, 0.3) is 0 Å². The lowest BCUT2D eigenvalue weighted by Crippen LogP contribution is -2.60. The Morgan fingerprint density at radius 1 is 1.33 bits per heavy atom. The Balaban J connectivity index is 1.61. The molecule has 0 radical (unpaired) electrons. The van der Waals surface area contributed by atoms with Crippen molar-refractivity contribution in [2.24, 2.45) is 5.41 Å². The normalized spacial score (nSPS) is 20.2. The van der Waals surface area contributed by atoms with Gasteiger partial charge < -0.3 is 14.4 Å². The van der Waals surface area contributed by atoms with E-state index in [-0.39, 0.29) is 5.91 Å². The Labute approximate surface area is 126 Å². The molecular weight excluding hydrogens is 266 g/mol. The minimum atomic E-state index is 0.205. The summed E-state index contributed by atoms with van der Waals surface area (Å²) in [4.78, 5) is 14.4. The molecule has 1 spiro atoms. The van der Waals surface area contributed by atoms with Gasteiger partial charge in [0.25, 0.3) is 0 Å². The number of hydrogen-bond donors (Lipinski definition) is 0. The highest BCUT2D eigenvalue weighted by atomic mass is 16.5. The molecule has 4 heteroatoms. The zero-order chi connectivity index (χ0) is 14.9. The van der Waals surface area contributed by atoms with Crippen LogP contribution < -0.4 is 4.74 Å². The van der Waals surface area contributed by atoms with Crippen molar-refractivity contribution in [3.63, 3.8) is 0 Å². The van der Waals surface area contributed by atoms with Crippen LogP contribution in [0, 0.1) is 12.3 Å². The first kappa shape index (κ1) is 14.4. The van der Waals surface area contributed by atoms with E-state index in [0.717, 1.165) is 56.0 Å². The van der Waals surface area contributed by atoms with E-state index < -0.39 is 0 Å². The van der Waals surface area contributed by atoms with Crippen LogP contribution in [-0.4, -0.2) is 44.2 Å². The summed E-state index contributed by atoms with van der Waals surface area (Å²) in [6.45, 7) is 5.50. The molecule has 2 saturated heterocycles. The molecule has 1 aromatic rings. The van der Waals surface area contributed by atoms with E-state index in [1.165, 1.54) is 0 Å². The Morgan fingerprint density at radius 2 is 2.05 bits per heavy atom. The molecule has 0 atom stereocenters. The van der Waals surface area contributed by atoms with E-state index in [1.54, 1.807) is 7.11 Å². The summed E-state index contributed by atoms with van der Waals surface area (Å²) in [6.07, 6.45) is 2.60. The highest BCUT2D eigenvalue weighted by Crippen LogP contribution is 2.40. The summed E-state index contributed by atoms with van der Waals surface area (Å²) < 4.78 is 10.8. The zero-order valence-electron chi connectivity index (χ0n) is 12.9. The lowest BCUT2D eigenvalue weighted by molar-refractivity contribution is -0.149. The van der Waals surface area contributed by atoms with Gasteiger partial charge in [-0.2, -0.15) is 0 Å². The van der Waals surface area contributed by atoms with E-state index in [1.807, 2.05) is 30.0 Å². The molecule has 0 bridgehead atoms. The van der Waals surface area contributed by atoms with Crippen molar-refractivity contribution in [3.05, 3.63) is 29.3 Å². The third-order valence-electron chi connectivity index (χ3n) is 4.74. The molecule has 0 unspecified atom stereocenters. The number of likely N-dealkylation sites (tertiary alicyclic amines) is 1. The summed E-state index contributed by atoms with van der Waals surface area (Å²) in [5, 5.41) is 0. The summed E-state index contributed by atoms with van der Waals surface area (Å²) >= 11 is 0. The smallest absolute Gasteiger partial charge is 0.227 e. The number of methoxy groups -OCH3 is 1. The monoisotopic (exact) mass is 289 g/mol. The van der Waals surface area contributed by atoms with Gasteiger partial charge in [-0.25, -0.2) is 0 Å². The second kappa shape index (κ2) is 5.68. The number of ether oxygens (including phenoxy) is 2. The summed E-state index contributed by atoms with van der Waals surface area (Å²) in [5.74, 6) is 1.01. The molecule has 3 rings (SSSR count). The van der Waals surface area contributed by atoms with Gasteiger partial charge in [-0.15, -0.1) is 0 Å². The van der Waals surface area contributed by atoms with Gasteiger partial charge >= 0.3 is 0 Å². The molecule has 2 aliphatic rings. The maximum Gasteiger partial charge on any atom is 0.227 e. The highest BCUT2D eigenvalue weighted by molar-refractivity contribution is 5.80. The van der Waals surface area contributed by atoms with Crippen LogP contribution in [0.5, 0.6) is 5.75 Å². The summed E-state index contributed by atoms with van der Waals surface area (Å²) in [5.41, 5.74) is 2.48. The van der Waals surface area contributed by atoms with Gasteiger partial charge in [-0.3, -0.25) is 4.79 Å². The number of benzene rings is 1. The molecule has 21 heavy (non-hydrogen) atoms. The quantitative estimate of drug-likeness (QED) is 0.856. The van der Waals surface area contributed by atoms with E-state index >= 15 is 0 Å².